The Kier molecular flexibility index (Phi) is 3.83. The molecule has 4 nitrogen and oxygen atoms in total. The van der Waals surface area contributed by atoms with E-state index in [0.29, 0.717) is 6.04 Å². The Morgan fingerprint density at radius 2 is 2.44 bits per heavy atom. The zero-order chi connectivity index (χ0) is 11.4. The lowest BCUT2D eigenvalue weighted by Gasteiger charge is -2.23. The molecule has 2 rings (SSSR count). The van der Waals surface area contributed by atoms with Crippen molar-refractivity contribution >= 4 is 0 Å². The van der Waals surface area contributed by atoms with Crippen molar-refractivity contribution in [2.75, 3.05) is 13.7 Å². The highest BCUT2D eigenvalue weighted by Crippen LogP contribution is 2.16. The van der Waals surface area contributed by atoms with Crippen LogP contribution >= 0.6 is 0 Å². The predicted octanol–water partition coefficient (Wildman–Crippen LogP) is 1.60. The quantitative estimate of drug-likeness (QED) is 0.842. The Balaban J connectivity index is 2.03. The van der Waals surface area contributed by atoms with Crippen LogP contribution in [0.25, 0.3) is 0 Å². The van der Waals surface area contributed by atoms with Crippen LogP contribution in [0.15, 0.2) is 6.07 Å². The molecular weight excluding hydrogens is 202 g/mol. The van der Waals surface area contributed by atoms with E-state index in [4.69, 9.17) is 4.74 Å². The molecule has 1 aromatic heterocycles. The first-order valence-corrected chi connectivity index (χ1v) is 6.17. The van der Waals surface area contributed by atoms with Crippen molar-refractivity contribution in [2.45, 2.75) is 45.2 Å². The number of methoxy groups -OCH3 is 1. The average Bonchev–Trinajstić information content (AvgIpc) is 2.73. The minimum Gasteiger partial charge on any atom is -0.481 e. The molecule has 2 heterocycles. The molecule has 16 heavy (non-hydrogen) atoms. The topological polar surface area (TPSA) is 39.1 Å². The Labute approximate surface area is 97.0 Å². The Morgan fingerprint density at radius 1 is 1.56 bits per heavy atom. The monoisotopic (exact) mass is 223 g/mol. The van der Waals surface area contributed by atoms with Gasteiger partial charge in [0, 0.05) is 12.1 Å². The van der Waals surface area contributed by atoms with Gasteiger partial charge in [-0.3, -0.25) is 0 Å². The molecule has 1 N–H and O–H groups in total. The lowest BCUT2D eigenvalue weighted by Crippen LogP contribution is -2.37. The molecule has 1 atom stereocenters. The van der Waals surface area contributed by atoms with Crippen LogP contribution in [0, 0.1) is 0 Å². The highest BCUT2D eigenvalue weighted by atomic mass is 16.5. The molecule has 1 unspecified atom stereocenters. The summed E-state index contributed by atoms with van der Waals surface area (Å²) in [5.74, 6) is 0.879. The lowest BCUT2D eigenvalue weighted by atomic mass is 10.1. The number of piperidine rings is 1. The van der Waals surface area contributed by atoms with Crippen molar-refractivity contribution in [1.82, 2.24) is 15.1 Å². The van der Waals surface area contributed by atoms with Gasteiger partial charge in [-0.15, -0.1) is 0 Å². The summed E-state index contributed by atoms with van der Waals surface area (Å²) in [5.41, 5.74) is 1.10. The van der Waals surface area contributed by atoms with E-state index in [1.54, 1.807) is 7.11 Å². The maximum absolute atomic E-state index is 5.34. The molecule has 1 aliphatic rings. The Hall–Kier alpha value is -1.03. The van der Waals surface area contributed by atoms with Gasteiger partial charge in [-0.2, -0.15) is 5.10 Å². The standard InChI is InChI=1S/C12H21N3O/c1-3-10-8-12(16-2)15(14-10)9-11-6-4-5-7-13-11/h8,11,13H,3-7,9H2,1-2H3. The molecule has 1 fully saturated rings. The number of rotatable bonds is 4. The minimum atomic E-state index is 0.548. The van der Waals surface area contributed by atoms with Gasteiger partial charge in [0.1, 0.15) is 0 Å². The van der Waals surface area contributed by atoms with Crippen LogP contribution in [-0.2, 0) is 13.0 Å². The molecule has 0 aliphatic carbocycles. The van der Waals surface area contributed by atoms with Crippen LogP contribution in [0.4, 0.5) is 0 Å². The second-order valence-corrected chi connectivity index (χ2v) is 4.36. The average molecular weight is 223 g/mol. The van der Waals surface area contributed by atoms with Gasteiger partial charge in [0.2, 0.25) is 5.88 Å². The van der Waals surface area contributed by atoms with Crippen molar-refractivity contribution in [3.05, 3.63) is 11.8 Å². The van der Waals surface area contributed by atoms with E-state index in [1.807, 2.05) is 10.7 Å². The Bertz CT molecular complexity index is 329. The molecule has 4 heteroatoms. The number of nitrogens with one attached hydrogen (secondary N) is 1. The summed E-state index contributed by atoms with van der Waals surface area (Å²) in [6, 6.07) is 2.58. The first kappa shape index (κ1) is 11.5. The molecule has 0 spiro atoms. The fourth-order valence-electron chi connectivity index (χ4n) is 2.21. The summed E-state index contributed by atoms with van der Waals surface area (Å²) in [6.45, 7) is 4.17. The van der Waals surface area contributed by atoms with Crippen LogP contribution in [0.5, 0.6) is 5.88 Å². The zero-order valence-corrected chi connectivity index (χ0v) is 10.2. The third-order valence-electron chi connectivity index (χ3n) is 3.17. The van der Waals surface area contributed by atoms with Crippen LogP contribution < -0.4 is 10.1 Å². The lowest BCUT2D eigenvalue weighted by molar-refractivity contribution is 0.310. The van der Waals surface area contributed by atoms with E-state index in [1.165, 1.54) is 19.3 Å². The highest BCUT2D eigenvalue weighted by Gasteiger charge is 2.16. The maximum atomic E-state index is 5.34. The number of ether oxygens (including phenoxy) is 1. The van der Waals surface area contributed by atoms with Crippen molar-refractivity contribution in [3.8, 4) is 5.88 Å². The van der Waals surface area contributed by atoms with Crippen molar-refractivity contribution < 1.29 is 4.74 Å². The summed E-state index contributed by atoms with van der Waals surface area (Å²) in [5, 5.41) is 8.08. The number of hydrogen-bond acceptors (Lipinski definition) is 3. The van der Waals surface area contributed by atoms with E-state index in [2.05, 4.69) is 17.3 Å². The van der Waals surface area contributed by atoms with Crippen molar-refractivity contribution in [1.29, 1.82) is 0 Å². The van der Waals surface area contributed by atoms with Gasteiger partial charge in [0.25, 0.3) is 0 Å². The third kappa shape index (κ3) is 2.55. The Morgan fingerprint density at radius 3 is 3.06 bits per heavy atom. The van der Waals surface area contributed by atoms with E-state index < -0.39 is 0 Å². The summed E-state index contributed by atoms with van der Waals surface area (Å²) in [6.07, 6.45) is 4.82. The predicted molar refractivity (Wildman–Crippen MR) is 63.8 cm³/mol. The second kappa shape index (κ2) is 5.34. The van der Waals surface area contributed by atoms with Gasteiger partial charge in [-0.25, -0.2) is 4.68 Å². The number of aryl methyl sites for hydroxylation is 1. The van der Waals surface area contributed by atoms with E-state index in [0.717, 1.165) is 31.1 Å². The van der Waals surface area contributed by atoms with Gasteiger partial charge >= 0.3 is 0 Å². The molecular formula is C12H21N3O. The first-order chi connectivity index (χ1) is 7.83. The normalized spacial score (nSPS) is 21.0. The van der Waals surface area contributed by atoms with Crippen molar-refractivity contribution in [2.24, 2.45) is 0 Å². The van der Waals surface area contributed by atoms with Gasteiger partial charge in [-0.05, 0) is 25.8 Å². The van der Waals surface area contributed by atoms with E-state index in [-0.39, 0.29) is 0 Å². The van der Waals surface area contributed by atoms with E-state index in [9.17, 15) is 0 Å². The zero-order valence-electron chi connectivity index (χ0n) is 10.2. The molecule has 0 amide bonds. The fourth-order valence-corrected chi connectivity index (χ4v) is 2.21. The second-order valence-electron chi connectivity index (χ2n) is 4.36. The summed E-state index contributed by atoms with van der Waals surface area (Å²) in [7, 11) is 1.71. The van der Waals surface area contributed by atoms with Gasteiger partial charge in [0.15, 0.2) is 0 Å². The summed E-state index contributed by atoms with van der Waals surface area (Å²) >= 11 is 0. The highest BCUT2D eigenvalue weighted by molar-refractivity contribution is 5.16. The number of nitrogens with zero attached hydrogens (tertiary/aromatic N) is 2. The van der Waals surface area contributed by atoms with Crippen LogP contribution in [-0.4, -0.2) is 29.5 Å². The van der Waals surface area contributed by atoms with Crippen LogP contribution in [0.2, 0.25) is 0 Å². The smallest absolute Gasteiger partial charge is 0.211 e. The molecule has 0 bridgehead atoms. The van der Waals surface area contributed by atoms with Crippen LogP contribution in [0.1, 0.15) is 31.9 Å². The molecule has 1 saturated heterocycles. The first-order valence-electron chi connectivity index (χ1n) is 6.17. The van der Waals surface area contributed by atoms with Gasteiger partial charge < -0.3 is 10.1 Å². The summed E-state index contributed by atoms with van der Waals surface area (Å²) in [4.78, 5) is 0. The minimum absolute atomic E-state index is 0.548. The molecule has 0 aromatic carbocycles. The van der Waals surface area contributed by atoms with Crippen molar-refractivity contribution in [3.63, 3.8) is 0 Å². The molecule has 1 aromatic rings. The number of hydrogen-bond donors (Lipinski definition) is 1. The van der Waals surface area contributed by atoms with Crippen LogP contribution in [0.3, 0.4) is 0 Å². The largest absolute Gasteiger partial charge is 0.481 e. The maximum Gasteiger partial charge on any atom is 0.211 e. The molecule has 0 saturated carbocycles. The van der Waals surface area contributed by atoms with Gasteiger partial charge in [-0.1, -0.05) is 13.3 Å². The third-order valence-corrected chi connectivity index (χ3v) is 3.17. The molecule has 1 aliphatic heterocycles. The molecule has 90 valence electrons. The SMILES string of the molecule is CCc1cc(OC)n(CC2CCCCN2)n1. The molecule has 0 radical (unpaired) electrons. The fraction of sp³-hybridized carbons (Fsp3) is 0.750. The van der Waals surface area contributed by atoms with Gasteiger partial charge in [0.05, 0.1) is 19.3 Å². The number of aromatic nitrogens is 2. The summed E-state index contributed by atoms with van der Waals surface area (Å²) < 4.78 is 7.33. The van der Waals surface area contributed by atoms with E-state index >= 15 is 0 Å².